The molecule has 1 fully saturated rings. The summed E-state index contributed by atoms with van der Waals surface area (Å²) in [6.07, 6.45) is 2.92. The van der Waals surface area contributed by atoms with Gasteiger partial charge in [-0.2, -0.15) is 0 Å². The van der Waals surface area contributed by atoms with Crippen LogP contribution in [0.1, 0.15) is 34.8 Å². The second-order valence-corrected chi connectivity index (χ2v) is 6.73. The Morgan fingerprint density at radius 3 is 2.90 bits per heavy atom. The Morgan fingerprint density at radius 2 is 2.33 bits per heavy atom. The molecule has 1 atom stereocenters. The molecule has 2 heterocycles. The maximum absolute atomic E-state index is 11.4. The van der Waals surface area contributed by atoms with Crippen LogP contribution in [0.3, 0.4) is 0 Å². The van der Waals surface area contributed by atoms with Crippen LogP contribution >= 0.6 is 11.3 Å². The number of methoxy groups -OCH3 is 1. The van der Waals surface area contributed by atoms with Crippen LogP contribution in [-0.4, -0.2) is 48.8 Å². The van der Waals surface area contributed by atoms with Crippen LogP contribution in [0.15, 0.2) is 0 Å². The van der Waals surface area contributed by atoms with E-state index >= 15 is 0 Å². The lowest BCUT2D eigenvalue weighted by molar-refractivity contribution is -0.141. The van der Waals surface area contributed by atoms with E-state index in [1.807, 2.05) is 6.92 Å². The zero-order valence-electron chi connectivity index (χ0n) is 13.1. The van der Waals surface area contributed by atoms with Crippen LogP contribution in [0, 0.1) is 13.8 Å². The molecule has 0 amide bonds. The molecule has 1 saturated heterocycles. The van der Waals surface area contributed by atoms with Crippen LogP contribution in [0.25, 0.3) is 0 Å². The molecule has 118 valence electrons. The fourth-order valence-corrected chi connectivity index (χ4v) is 3.44. The third-order valence-electron chi connectivity index (χ3n) is 3.78. The molecular formula is C15H24N2O3S. The van der Waals surface area contributed by atoms with Crippen LogP contribution < -0.4 is 0 Å². The van der Waals surface area contributed by atoms with E-state index in [2.05, 4.69) is 16.8 Å². The summed E-state index contributed by atoms with van der Waals surface area (Å²) in [7, 11) is 1.43. The molecule has 5 nitrogen and oxygen atoms in total. The number of hydrogen-bond donors (Lipinski definition) is 0. The fraction of sp³-hybridized carbons (Fsp3) is 0.733. The topological polar surface area (TPSA) is 51.7 Å². The molecular weight excluding hydrogens is 288 g/mol. The third-order valence-corrected chi connectivity index (χ3v) is 4.83. The summed E-state index contributed by atoms with van der Waals surface area (Å²) in [6, 6.07) is 0. The number of rotatable bonds is 7. The first-order valence-electron chi connectivity index (χ1n) is 7.42. The Kier molecular flexibility index (Phi) is 6.14. The molecule has 21 heavy (non-hydrogen) atoms. The van der Waals surface area contributed by atoms with Crippen molar-refractivity contribution in [3.8, 4) is 0 Å². The molecule has 1 aliphatic heterocycles. The van der Waals surface area contributed by atoms with Crippen molar-refractivity contribution in [1.29, 1.82) is 0 Å². The molecule has 0 radical (unpaired) electrons. The van der Waals surface area contributed by atoms with Gasteiger partial charge in [0.25, 0.3) is 0 Å². The minimum Gasteiger partial charge on any atom is -0.469 e. The van der Waals surface area contributed by atoms with Gasteiger partial charge >= 0.3 is 5.97 Å². The molecule has 1 aromatic rings. The lowest BCUT2D eigenvalue weighted by Gasteiger charge is -2.23. The summed E-state index contributed by atoms with van der Waals surface area (Å²) in [5, 5.41) is 1.10. The highest BCUT2D eigenvalue weighted by Gasteiger charge is 2.21. The summed E-state index contributed by atoms with van der Waals surface area (Å²) in [6.45, 7) is 7.30. The summed E-state index contributed by atoms with van der Waals surface area (Å²) in [5.41, 5.74) is 1.10. The largest absolute Gasteiger partial charge is 0.469 e. The van der Waals surface area contributed by atoms with E-state index in [-0.39, 0.29) is 12.1 Å². The smallest absolute Gasteiger partial charge is 0.306 e. The summed E-state index contributed by atoms with van der Waals surface area (Å²) < 4.78 is 10.4. The predicted molar refractivity (Wildman–Crippen MR) is 82.5 cm³/mol. The van der Waals surface area contributed by atoms with E-state index in [0.29, 0.717) is 13.0 Å². The normalized spacial score (nSPS) is 18.4. The zero-order valence-corrected chi connectivity index (χ0v) is 13.9. The van der Waals surface area contributed by atoms with Crippen LogP contribution in [0.5, 0.6) is 0 Å². The molecule has 0 N–H and O–H groups in total. The minimum atomic E-state index is -0.168. The Hall–Kier alpha value is -0.980. The average molecular weight is 312 g/mol. The van der Waals surface area contributed by atoms with Gasteiger partial charge in [-0.15, -0.1) is 11.3 Å². The Balaban J connectivity index is 1.94. The molecule has 1 aliphatic rings. The minimum absolute atomic E-state index is 0.168. The number of carbonyl (C=O) groups is 1. The Bertz CT molecular complexity index is 450. The summed E-state index contributed by atoms with van der Waals surface area (Å²) >= 11 is 1.73. The predicted octanol–water partition coefficient (Wildman–Crippen LogP) is 2.30. The van der Waals surface area contributed by atoms with Crippen molar-refractivity contribution in [3.63, 3.8) is 0 Å². The number of hydrogen-bond acceptors (Lipinski definition) is 6. The molecule has 0 aliphatic carbocycles. The molecule has 0 saturated carbocycles. The van der Waals surface area contributed by atoms with Crippen molar-refractivity contribution < 1.29 is 14.3 Å². The number of thiazole rings is 1. The molecule has 1 unspecified atom stereocenters. The van der Waals surface area contributed by atoms with Crippen molar-refractivity contribution >= 4 is 17.3 Å². The molecule has 0 spiro atoms. The molecule has 2 rings (SSSR count). The number of carbonyl (C=O) groups excluding carboxylic acids is 1. The van der Waals surface area contributed by atoms with Gasteiger partial charge in [0.15, 0.2) is 0 Å². The monoisotopic (exact) mass is 312 g/mol. The third kappa shape index (κ3) is 5.05. The van der Waals surface area contributed by atoms with Gasteiger partial charge in [-0.25, -0.2) is 4.98 Å². The van der Waals surface area contributed by atoms with Gasteiger partial charge in [-0.05, 0) is 26.7 Å². The van der Waals surface area contributed by atoms with Gasteiger partial charge in [0, 0.05) is 24.6 Å². The number of aromatic nitrogens is 1. The van der Waals surface area contributed by atoms with Gasteiger partial charge in [0.05, 0.1) is 31.9 Å². The van der Waals surface area contributed by atoms with E-state index in [1.165, 1.54) is 12.0 Å². The van der Waals surface area contributed by atoms with E-state index in [9.17, 15) is 4.79 Å². The first kappa shape index (κ1) is 16.4. The van der Waals surface area contributed by atoms with Crippen LogP contribution in [0.2, 0.25) is 0 Å². The second kappa shape index (κ2) is 7.87. The highest BCUT2D eigenvalue weighted by molar-refractivity contribution is 7.11. The summed E-state index contributed by atoms with van der Waals surface area (Å²) in [4.78, 5) is 19.5. The van der Waals surface area contributed by atoms with Gasteiger partial charge in [0.2, 0.25) is 0 Å². The highest BCUT2D eigenvalue weighted by Crippen LogP contribution is 2.20. The number of esters is 1. The van der Waals surface area contributed by atoms with Gasteiger partial charge < -0.3 is 9.47 Å². The SMILES string of the molecule is COC(=O)CCN(Cc1nc(C)c(C)s1)CC1CCCO1. The molecule has 1 aromatic heterocycles. The highest BCUT2D eigenvalue weighted by atomic mass is 32.1. The number of aryl methyl sites for hydroxylation is 2. The maximum Gasteiger partial charge on any atom is 0.306 e. The van der Waals surface area contributed by atoms with Crippen molar-refractivity contribution in [2.75, 3.05) is 26.8 Å². The zero-order chi connectivity index (χ0) is 15.2. The molecule has 0 aromatic carbocycles. The Morgan fingerprint density at radius 1 is 1.52 bits per heavy atom. The first-order chi connectivity index (χ1) is 10.1. The molecule has 6 heteroatoms. The maximum atomic E-state index is 11.4. The van der Waals surface area contributed by atoms with Crippen LogP contribution in [-0.2, 0) is 20.8 Å². The lowest BCUT2D eigenvalue weighted by atomic mass is 10.2. The van der Waals surface area contributed by atoms with Gasteiger partial charge in [0.1, 0.15) is 5.01 Å². The van der Waals surface area contributed by atoms with Crippen molar-refractivity contribution in [3.05, 3.63) is 15.6 Å². The fourth-order valence-electron chi connectivity index (χ4n) is 2.46. The van der Waals surface area contributed by atoms with Crippen molar-refractivity contribution in [2.24, 2.45) is 0 Å². The van der Waals surface area contributed by atoms with E-state index in [1.54, 1.807) is 11.3 Å². The van der Waals surface area contributed by atoms with E-state index in [0.717, 1.165) is 43.2 Å². The van der Waals surface area contributed by atoms with Gasteiger partial charge in [-0.3, -0.25) is 9.69 Å². The van der Waals surface area contributed by atoms with Crippen molar-refractivity contribution in [1.82, 2.24) is 9.88 Å². The van der Waals surface area contributed by atoms with Crippen LogP contribution in [0.4, 0.5) is 0 Å². The van der Waals surface area contributed by atoms with Crippen molar-refractivity contribution in [2.45, 2.75) is 45.8 Å². The van der Waals surface area contributed by atoms with Gasteiger partial charge in [-0.1, -0.05) is 0 Å². The van der Waals surface area contributed by atoms with E-state index in [4.69, 9.17) is 9.47 Å². The van der Waals surface area contributed by atoms with E-state index < -0.39 is 0 Å². The second-order valence-electron chi connectivity index (χ2n) is 5.45. The average Bonchev–Trinajstić information content (AvgIpc) is 3.06. The number of ether oxygens (including phenoxy) is 2. The standard InChI is InChI=1S/C15H24N2O3S/c1-11-12(2)21-14(16-11)10-17(7-6-15(18)19-3)9-13-5-4-8-20-13/h13H,4-10H2,1-3H3. The Labute approximate surface area is 130 Å². The lowest BCUT2D eigenvalue weighted by Crippen LogP contribution is -2.33. The quantitative estimate of drug-likeness (QED) is 0.723. The number of nitrogens with zero attached hydrogens (tertiary/aromatic N) is 2. The summed E-state index contributed by atoms with van der Waals surface area (Å²) in [5.74, 6) is -0.168. The molecule has 0 bridgehead atoms. The first-order valence-corrected chi connectivity index (χ1v) is 8.24.